The SMILES string of the molecule is CCc1ccccc1NC(=O)Cc1csc2nc(-c3ccc(C)cc3)cn12. The molecule has 2 heterocycles. The molecule has 0 aliphatic heterocycles. The van der Waals surface area contributed by atoms with Crippen LogP contribution in [0.3, 0.4) is 0 Å². The first-order chi connectivity index (χ1) is 13.1. The highest BCUT2D eigenvalue weighted by Gasteiger charge is 2.13. The van der Waals surface area contributed by atoms with Crippen molar-refractivity contribution in [3.8, 4) is 11.3 Å². The van der Waals surface area contributed by atoms with Gasteiger partial charge < -0.3 is 5.32 Å². The van der Waals surface area contributed by atoms with Crippen LogP contribution in [0.4, 0.5) is 5.69 Å². The summed E-state index contributed by atoms with van der Waals surface area (Å²) in [5.41, 5.74) is 6.23. The van der Waals surface area contributed by atoms with Crippen LogP contribution in [-0.4, -0.2) is 15.3 Å². The van der Waals surface area contributed by atoms with Crippen LogP contribution in [0.25, 0.3) is 16.2 Å². The molecule has 4 rings (SSSR count). The van der Waals surface area contributed by atoms with E-state index >= 15 is 0 Å². The number of para-hydroxylation sites is 1. The number of amides is 1. The zero-order valence-electron chi connectivity index (χ0n) is 15.4. The monoisotopic (exact) mass is 375 g/mol. The smallest absolute Gasteiger partial charge is 0.230 e. The Balaban J connectivity index is 1.55. The minimum atomic E-state index is -0.0128. The van der Waals surface area contributed by atoms with E-state index in [1.54, 1.807) is 11.3 Å². The Hall–Kier alpha value is -2.92. The van der Waals surface area contributed by atoms with E-state index in [0.29, 0.717) is 6.42 Å². The maximum Gasteiger partial charge on any atom is 0.230 e. The third-order valence-corrected chi connectivity index (χ3v) is 5.53. The van der Waals surface area contributed by atoms with Crippen LogP contribution in [0.2, 0.25) is 0 Å². The van der Waals surface area contributed by atoms with Gasteiger partial charge in [0.25, 0.3) is 0 Å². The summed E-state index contributed by atoms with van der Waals surface area (Å²) in [5, 5.41) is 5.05. The Morgan fingerprint density at radius 1 is 1.15 bits per heavy atom. The summed E-state index contributed by atoms with van der Waals surface area (Å²) in [6.07, 6.45) is 3.22. The second kappa shape index (κ2) is 7.37. The van der Waals surface area contributed by atoms with Crippen LogP contribution in [0.1, 0.15) is 23.7 Å². The summed E-state index contributed by atoms with van der Waals surface area (Å²) in [6, 6.07) is 16.3. The molecule has 0 unspecified atom stereocenters. The highest BCUT2D eigenvalue weighted by Crippen LogP contribution is 2.24. The number of aromatic nitrogens is 2. The van der Waals surface area contributed by atoms with Gasteiger partial charge in [0, 0.05) is 28.5 Å². The number of carbonyl (C=O) groups excluding carboxylic acids is 1. The topological polar surface area (TPSA) is 46.4 Å². The zero-order chi connectivity index (χ0) is 18.8. The molecular weight excluding hydrogens is 354 g/mol. The van der Waals surface area contributed by atoms with Gasteiger partial charge in [-0.05, 0) is 25.0 Å². The van der Waals surface area contributed by atoms with Crippen molar-refractivity contribution in [1.29, 1.82) is 0 Å². The molecule has 0 saturated carbocycles. The number of carbonyl (C=O) groups is 1. The average Bonchev–Trinajstić information content (AvgIpc) is 3.25. The summed E-state index contributed by atoms with van der Waals surface area (Å²) in [4.78, 5) is 18.2. The van der Waals surface area contributed by atoms with E-state index in [2.05, 4.69) is 43.4 Å². The summed E-state index contributed by atoms with van der Waals surface area (Å²) in [7, 11) is 0. The van der Waals surface area contributed by atoms with Crippen molar-refractivity contribution in [2.45, 2.75) is 26.7 Å². The van der Waals surface area contributed by atoms with Crippen molar-refractivity contribution >= 4 is 27.9 Å². The molecule has 1 N–H and O–H groups in total. The number of nitrogens with one attached hydrogen (secondary N) is 1. The number of fused-ring (bicyclic) bond motifs is 1. The molecular formula is C22H21N3OS. The molecule has 4 nitrogen and oxygen atoms in total. The molecule has 0 atom stereocenters. The Morgan fingerprint density at radius 3 is 2.70 bits per heavy atom. The molecule has 0 saturated heterocycles. The van der Waals surface area contributed by atoms with Gasteiger partial charge in [0.15, 0.2) is 4.96 Å². The molecule has 27 heavy (non-hydrogen) atoms. The summed E-state index contributed by atoms with van der Waals surface area (Å²) >= 11 is 1.56. The predicted molar refractivity (Wildman–Crippen MR) is 111 cm³/mol. The van der Waals surface area contributed by atoms with Crippen LogP contribution in [0.5, 0.6) is 0 Å². The fourth-order valence-corrected chi connectivity index (χ4v) is 4.00. The van der Waals surface area contributed by atoms with Gasteiger partial charge in [-0.25, -0.2) is 4.98 Å². The van der Waals surface area contributed by atoms with Crippen molar-refractivity contribution in [3.63, 3.8) is 0 Å². The first-order valence-corrected chi connectivity index (χ1v) is 9.92. The fraction of sp³-hybridized carbons (Fsp3) is 0.182. The van der Waals surface area contributed by atoms with E-state index < -0.39 is 0 Å². The van der Waals surface area contributed by atoms with Gasteiger partial charge in [0.2, 0.25) is 5.91 Å². The lowest BCUT2D eigenvalue weighted by Gasteiger charge is -2.09. The molecule has 4 aromatic rings. The molecule has 1 amide bonds. The Bertz CT molecular complexity index is 1090. The fourth-order valence-electron chi connectivity index (χ4n) is 3.13. The molecule has 0 aliphatic carbocycles. The summed E-state index contributed by atoms with van der Waals surface area (Å²) in [5.74, 6) is -0.0128. The van der Waals surface area contributed by atoms with E-state index in [4.69, 9.17) is 4.98 Å². The van der Waals surface area contributed by atoms with Gasteiger partial charge in [-0.3, -0.25) is 9.20 Å². The van der Waals surface area contributed by atoms with Crippen LogP contribution in [0.15, 0.2) is 60.1 Å². The first-order valence-electron chi connectivity index (χ1n) is 9.04. The van der Waals surface area contributed by atoms with Crippen LogP contribution in [-0.2, 0) is 17.6 Å². The van der Waals surface area contributed by atoms with Gasteiger partial charge in [-0.2, -0.15) is 0 Å². The molecule has 0 aliphatic rings. The van der Waals surface area contributed by atoms with E-state index in [0.717, 1.165) is 39.6 Å². The van der Waals surface area contributed by atoms with Gasteiger partial charge in [0.05, 0.1) is 12.1 Å². The number of aryl methyl sites for hydroxylation is 2. The largest absolute Gasteiger partial charge is 0.326 e. The molecule has 2 aromatic heterocycles. The Labute approximate surface area is 162 Å². The van der Waals surface area contributed by atoms with Crippen LogP contribution < -0.4 is 5.32 Å². The normalized spacial score (nSPS) is 11.0. The van der Waals surface area contributed by atoms with Gasteiger partial charge >= 0.3 is 0 Å². The van der Waals surface area contributed by atoms with E-state index in [-0.39, 0.29) is 5.91 Å². The summed E-state index contributed by atoms with van der Waals surface area (Å²) < 4.78 is 2.02. The molecule has 2 aromatic carbocycles. The number of hydrogen-bond donors (Lipinski definition) is 1. The maximum atomic E-state index is 12.6. The second-order valence-corrected chi connectivity index (χ2v) is 7.44. The number of hydrogen-bond acceptors (Lipinski definition) is 3. The lowest BCUT2D eigenvalue weighted by molar-refractivity contribution is -0.115. The second-order valence-electron chi connectivity index (χ2n) is 6.61. The maximum absolute atomic E-state index is 12.6. The van der Waals surface area contributed by atoms with Crippen molar-refractivity contribution < 1.29 is 4.79 Å². The number of anilines is 1. The van der Waals surface area contributed by atoms with Gasteiger partial charge in [-0.15, -0.1) is 11.3 Å². The molecule has 0 radical (unpaired) electrons. The van der Waals surface area contributed by atoms with Crippen molar-refractivity contribution in [3.05, 3.63) is 76.9 Å². The summed E-state index contributed by atoms with van der Waals surface area (Å²) in [6.45, 7) is 4.16. The zero-order valence-corrected chi connectivity index (χ0v) is 16.2. The van der Waals surface area contributed by atoms with Gasteiger partial charge in [-0.1, -0.05) is 55.0 Å². The number of imidazole rings is 1. The number of benzene rings is 2. The van der Waals surface area contributed by atoms with Crippen LogP contribution >= 0.6 is 11.3 Å². The Kier molecular flexibility index (Phi) is 4.77. The van der Waals surface area contributed by atoms with Crippen molar-refractivity contribution in [1.82, 2.24) is 9.38 Å². The highest BCUT2D eigenvalue weighted by atomic mass is 32.1. The van der Waals surface area contributed by atoms with E-state index in [9.17, 15) is 4.79 Å². The minimum absolute atomic E-state index is 0.0128. The molecule has 0 bridgehead atoms. The quantitative estimate of drug-likeness (QED) is 0.526. The van der Waals surface area contributed by atoms with E-state index in [1.807, 2.05) is 40.2 Å². The Morgan fingerprint density at radius 2 is 1.93 bits per heavy atom. The third-order valence-electron chi connectivity index (χ3n) is 4.64. The minimum Gasteiger partial charge on any atom is -0.326 e. The number of nitrogens with zero attached hydrogens (tertiary/aromatic N) is 2. The molecule has 5 heteroatoms. The standard InChI is InChI=1S/C22H21N3OS/c1-3-16-6-4-5-7-19(16)23-21(26)12-18-14-27-22-24-20(13-25(18)22)17-10-8-15(2)9-11-17/h4-11,13-14H,3,12H2,1-2H3,(H,23,26). The first kappa shape index (κ1) is 17.5. The number of thiazole rings is 1. The number of rotatable bonds is 5. The lowest BCUT2D eigenvalue weighted by atomic mass is 10.1. The third kappa shape index (κ3) is 3.64. The van der Waals surface area contributed by atoms with Crippen molar-refractivity contribution in [2.24, 2.45) is 0 Å². The lowest BCUT2D eigenvalue weighted by Crippen LogP contribution is -2.16. The molecule has 136 valence electrons. The van der Waals surface area contributed by atoms with Crippen molar-refractivity contribution in [2.75, 3.05) is 5.32 Å². The van der Waals surface area contributed by atoms with Crippen LogP contribution in [0, 0.1) is 6.92 Å². The molecule has 0 spiro atoms. The van der Waals surface area contributed by atoms with E-state index in [1.165, 1.54) is 5.56 Å². The molecule has 0 fully saturated rings. The average molecular weight is 375 g/mol. The van der Waals surface area contributed by atoms with Gasteiger partial charge in [0.1, 0.15) is 0 Å². The highest BCUT2D eigenvalue weighted by molar-refractivity contribution is 7.15. The predicted octanol–water partition coefficient (Wildman–Crippen LogP) is 5.11.